The van der Waals surface area contributed by atoms with Crippen molar-refractivity contribution >= 4 is 40.4 Å². The number of alkyl halides is 3. The van der Waals surface area contributed by atoms with Gasteiger partial charge in [-0.15, -0.1) is 0 Å². The minimum Gasteiger partial charge on any atom is -0.495 e. The van der Waals surface area contributed by atoms with Crippen molar-refractivity contribution in [2.45, 2.75) is 6.18 Å². The Morgan fingerprint density at radius 3 is 2.38 bits per heavy atom. The zero-order valence-corrected chi connectivity index (χ0v) is 21.0. The molecule has 0 bridgehead atoms. The number of carbonyl (C=O) groups excluding carboxylic acids is 1. The van der Waals surface area contributed by atoms with Crippen molar-refractivity contribution < 1.29 is 22.7 Å². The second-order valence-corrected chi connectivity index (χ2v) is 9.22. The Balaban J connectivity index is 1.43. The van der Waals surface area contributed by atoms with Crippen LogP contribution >= 0.6 is 23.2 Å². The van der Waals surface area contributed by atoms with E-state index < -0.39 is 17.8 Å². The number of carbonyl (C=O) groups is 1. The molecule has 0 spiro atoms. The molecular weight excluding hydrogens is 530 g/mol. The number of halogens is 5. The molecule has 1 fully saturated rings. The molecule has 0 aliphatic carbocycles. The van der Waals surface area contributed by atoms with Gasteiger partial charge in [0.25, 0.3) is 5.91 Å². The van der Waals surface area contributed by atoms with Crippen LogP contribution in [0.25, 0.3) is 16.9 Å². The van der Waals surface area contributed by atoms with E-state index in [2.05, 4.69) is 15.0 Å². The number of hydrogen-bond acceptors (Lipinski definition) is 5. The average molecular weight is 550 g/mol. The molecule has 5 rings (SSSR count). The molecule has 12 heteroatoms. The number of aromatic nitrogens is 3. The van der Waals surface area contributed by atoms with Crippen LogP contribution in [0.3, 0.4) is 0 Å². The molecule has 1 amide bonds. The highest BCUT2D eigenvalue weighted by Crippen LogP contribution is 2.34. The van der Waals surface area contributed by atoms with Gasteiger partial charge in [0, 0.05) is 37.8 Å². The fourth-order valence-corrected chi connectivity index (χ4v) is 4.59. The number of fused-ring (bicyclic) bond motifs is 1. The predicted molar refractivity (Wildman–Crippen MR) is 135 cm³/mol. The van der Waals surface area contributed by atoms with Crippen LogP contribution in [-0.4, -0.2) is 58.7 Å². The quantitative estimate of drug-likeness (QED) is 0.327. The van der Waals surface area contributed by atoms with E-state index in [1.54, 1.807) is 12.0 Å². The zero-order chi connectivity index (χ0) is 26.3. The average Bonchev–Trinajstić information content (AvgIpc) is 3.33. The van der Waals surface area contributed by atoms with E-state index in [4.69, 9.17) is 27.9 Å². The van der Waals surface area contributed by atoms with Crippen LogP contribution in [0, 0.1) is 0 Å². The minimum atomic E-state index is -4.74. The Morgan fingerprint density at radius 2 is 1.70 bits per heavy atom. The van der Waals surface area contributed by atoms with Gasteiger partial charge in [-0.3, -0.25) is 4.79 Å². The summed E-state index contributed by atoms with van der Waals surface area (Å²) < 4.78 is 47.9. The van der Waals surface area contributed by atoms with Crippen molar-refractivity contribution in [1.82, 2.24) is 19.5 Å². The van der Waals surface area contributed by atoms with Crippen LogP contribution in [0.15, 0.2) is 54.6 Å². The van der Waals surface area contributed by atoms with Gasteiger partial charge in [0.2, 0.25) is 0 Å². The third kappa shape index (κ3) is 4.91. The van der Waals surface area contributed by atoms with Gasteiger partial charge in [-0.2, -0.15) is 18.3 Å². The molecule has 1 aliphatic rings. The number of rotatable bonds is 4. The lowest BCUT2D eigenvalue weighted by Crippen LogP contribution is -2.49. The molecule has 1 aliphatic heterocycles. The van der Waals surface area contributed by atoms with Gasteiger partial charge in [-0.1, -0.05) is 41.4 Å². The Kier molecular flexibility index (Phi) is 6.63. The number of anilines is 1. The summed E-state index contributed by atoms with van der Waals surface area (Å²) in [6.45, 7) is 1.82. The van der Waals surface area contributed by atoms with E-state index in [9.17, 15) is 18.0 Å². The number of ether oxygens (including phenoxy) is 1. The fraction of sp³-hybridized carbons (Fsp3) is 0.240. The summed E-state index contributed by atoms with van der Waals surface area (Å²) >= 11 is 12.0. The van der Waals surface area contributed by atoms with Gasteiger partial charge in [-0.05, 0) is 30.3 Å². The molecule has 2 aromatic carbocycles. The maximum Gasteiger partial charge on any atom is 0.433 e. The molecule has 1 saturated heterocycles. The van der Waals surface area contributed by atoms with Gasteiger partial charge in [0.05, 0.1) is 28.5 Å². The summed E-state index contributed by atoms with van der Waals surface area (Å²) in [5, 5.41) is 4.44. The summed E-state index contributed by atoms with van der Waals surface area (Å²) in [5.41, 5.74) is 0.0193. The summed E-state index contributed by atoms with van der Waals surface area (Å²) in [6, 6.07) is 14.2. The molecule has 2 aromatic heterocycles. The van der Waals surface area contributed by atoms with Crippen LogP contribution in [0.4, 0.5) is 18.9 Å². The Hall–Kier alpha value is -3.50. The molecule has 37 heavy (non-hydrogen) atoms. The van der Waals surface area contributed by atoms with E-state index in [0.29, 0.717) is 36.3 Å². The SMILES string of the molecule is COc1ccccc1N1CCN(C(=O)c2cc3nc(-c4ccc(Cl)c(Cl)c4)cc(C(F)(F)F)n3n2)CC1. The maximum atomic E-state index is 13.9. The molecule has 7 nitrogen and oxygen atoms in total. The van der Waals surface area contributed by atoms with Crippen LogP contribution in [0.1, 0.15) is 16.2 Å². The second kappa shape index (κ2) is 9.75. The van der Waals surface area contributed by atoms with Crippen LogP contribution in [-0.2, 0) is 6.18 Å². The number of nitrogens with zero attached hydrogens (tertiary/aromatic N) is 5. The van der Waals surface area contributed by atoms with Gasteiger partial charge in [-0.25, -0.2) is 9.50 Å². The van der Waals surface area contributed by atoms with Gasteiger partial charge in [0.15, 0.2) is 17.0 Å². The number of para-hydroxylation sites is 2. The lowest BCUT2D eigenvalue weighted by molar-refractivity contribution is -0.142. The first-order valence-corrected chi connectivity index (χ1v) is 12.0. The molecule has 0 radical (unpaired) electrons. The Bertz CT molecular complexity index is 1480. The second-order valence-electron chi connectivity index (χ2n) is 8.40. The topological polar surface area (TPSA) is 63.0 Å². The Labute approximate surface area is 220 Å². The summed E-state index contributed by atoms with van der Waals surface area (Å²) in [5.74, 6) is 0.264. The van der Waals surface area contributed by atoms with Crippen molar-refractivity contribution in [3.63, 3.8) is 0 Å². The van der Waals surface area contributed by atoms with Crippen molar-refractivity contribution in [2.24, 2.45) is 0 Å². The first kappa shape index (κ1) is 25.2. The number of piperazine rings is 1. The standard InChI is InChI=1S/C25H20Cl2F3N5O2/c1-37-21-5-3-2-4-20(21)33-8-10-34(11-9-33)24(36)19-14-23-31-18(15-6-7-16(26)17(27)12-15)13-22(25(28,29)30)35(23)32-19/h2-7,12-14H,8-11H2,1H3. The van der Waals surface area contributed by atoms with E-state index in [0.717, 1.165) is 17.5 Å². The van der Waals surface area contributed by atoms with Crippen LogP contribution in [0.5, 0.6) is 5.75 Å². The Morgan fingerprint density at radius 1 is 0.973 bits per heavy atom. The van der Waals surface area contributed by atoms with Gasteiger partial charge < -0.3 is 14.5 Å². The van der Waals surface area contributed by atoms with Gasteiger partial charge >= 0.3 is 6.18 Å². The predicted octanol–water partition coefficient (Wildman–Crippen LogP) is 5.69. The molecule has 192 valence electrons. The third-order valence-corrected chi connectivity index (χ3v) is 6.88. The zero-order valence-electron chi connectivity index (χ0n) is 19.5. The monoisotopic (exact) mass is 549 g/mol. The normalized spacial score (nSPS) is 14.3. The number of benzene rings is 2. The molecule has 4 aromatic rings. The highest BCUT2D eigenvalue weighted by Gasteiger charge is 2.36. The number of amides is 1. The number of methoxy groups -OCH3 is 1. The van der Waals surface area contributed by atoms with E-state index >= 15 is 0 Å². The molecule has 0 N–H and O–H groups in total. The maximum absolute atomic E-state index is 13.9. The van der Waals surface area contributed by atoms with Crippen molar-refractivity contribution in [1.29, 1.82) is 0 Å². The molecular formula is C25H20Cl2F3N5O2. The molecule has 0 saturated carbocycles. The number of hydrogen-bond donors (Lipinski definition) is 0. The summed E-state index contributed by atoms with van der Waals surface area (Å²) in [4.78, 5) is 21.2. The highest BCUT2D eigenvalue weighted by molar-refractivity contribution is 6.42. The van der Waals surface area contributed by atoms with Crippen molar-refractivity contribution in [2.75, 3.05) is 38.2 Å². The first-order valence-electron chi connectivity index (χ1n) is 11.3. The minimum absolute atomic E-state index is 0.0303. The van der Waals surface area contributed by atoms with E-state index in [1.807, 2.05) is 24.3 Å². The molecule has 0 atom stereocenters. The van der Waals surface area contributed by atoms with E-state index in [1.165, 1.54) is 24.3 Å². The largest absolute Gasteiger partial charge is 0.495 e. The summed E-state index contributed by atoms with van der Waals surface area (Å²) in [6.07, 6.45) is -4.74. The van der Waals surface area contributed by atoms with Crippen molar-refractivity contribution in [3.8, 4) is 17.0 Å². The highest BCUT2D eigenvalue weighted by atomic mass is 35.5. The third-order valence-electron chi connectivity index (χ3n) is 6.14. The van der Waals surface area contributed by atoms with Crippen LogP contribution in [0.2, 0.25) is 10.0 Å². The lowest BCUT2D eigenvalue weighted by Gasteiger charge is -2.36. The lowest BCUT2D eigenvalue weighted by atomic mass is 10.1. The van der Waals surface area contributed by atoms with E-state index in [-0.39, 0.29) is 27.1 Å². The molecule has 3 heterocycles. The van der Waals surface area contributed by atoms with Gasteiger partial charge in [0.1, 0.15) is 5.75 Å². The fourth-order valence-electron chi connectivity index (χ4n) is 4.29. The summed E-state index contributed by atoms with van der Waals surface area (Å²) in [7, 11) is 1.60. The first-order chi connectivity index (χ1) is 17.7. The smallest absolute Gasteiger partial charge is 0.433 e. The molecule has 0 unspecified atom stereocenters. The van der Waals surface area contributed by atoms with Crippen molar-refractivity contribution in [3.05, 3.63) is 76.0 Å². The van der Waals surface area contributed by atoms with Crippen LogP contribution < -0.4 is 9.64 Å².